The van der Waals surface area contributed by atoms with Gasteiger partial charge in [-0.1, -0.05) is 35.0 Å². The van der Waals surface area contributed by atoms with E-state index in [4.69, 9.17) is 4.52 Å². The zero-order valence-corrected chi connectivity index (χ0v) is 13.9. The molecule has 3 heterocycles. The van der Waals surface area contributed by atoms with Crippen LogP contribution in [0.3, 0.4) is 0 Å². The monoisotopic (exact) mass is 334 g/mol. The molecule has 0 N–H and O–H groups in total. The smallest absolute Gasteiger partial charge is 0.259 e. The maximum absolute atomic E-state index is 12.9. The molecule has 1 amide bonds. The van der Waals surface area contributed by atoms with Crippen molar-refractivity contribution < 1.29 is 9.32 Å². The number of amides is 1. The van der Waals surface area contributed by atoms with Crippen LogP contribution in [0.4, 0.5) is 0 Å². The molecule has 1 atom stereocenters. The Bertz CT molecular complexity index is 874. The average molecular weight is 334 g/mol. The lowest BCUT2D eigenvalue weighted by Gasteiger charge is -2.16. The molecule has 1 aliphatic heterocycles. The predicted molar refractivity (Wildman–Crippen MR) is 92.0 cm³/mol. The van der Waals surface area contributed by atoms with Crippen LogP contribution >= 0.6 is 0 Å². The zero-order valence-electron chi connectivity index (χ0n) is 13.9. The van der Waals surface area contributed by atoms with Crippen molar-refractivity contribution in [2.45, 2.75) is 19.3 Å². The topological polar surface area (TPSA) is 72.1 Å². The minimum Gasteiger partial charge on any atom is -0.355 e. The van der Waals surface area contributed by atoms with Gasteiger partial charge in [0, 0.05) is 43.2 Å². The quantitative estimate of drug-likeness (QED) is 0.736. The van der Waals surface area contributed by atoms with Crippen LogP contribution in [0.15, 0.2) is 53.6 Å². The number of rotatable bonds is 3. The Balaban J connectivity index is 1.55. The lowest BCUT2D eigenvalue weighted by atomic mass is 10.1. The Morgan fingerprint density at radius 3 is 2.80 bits per heavy atom. The summed E-state index contributed by atoms with van der Waals surface area (Å²) in [6.45, 7) is 3.35. The largest absolute Gasteiger partial charge is 0.355 e. The number of carbonyl (C=O) groups is 1. The molecule has 6 heteroatoms. The minimum absolute atomic E-state index is 0.0526. The second-order valence-electron chi connectivity index (χ2n) is 6.30. The van der Waals surface area contributed by atoms with Gasteiger partial charge < -0.3 is 9.42 Å². The summed E-state index contributed by atoms with van der Waals surface area (Å²) < 4.78 is 5.36. The highest BCUT2D eigenvalue weighted by atomic mass is 16.5. The minimum atomic E-state index is -0.0526. The molecule has 126 valence electrons. The molecular formula is C19H18N4O2. The predicted octanol–water partition coefficient (Wildman–Crippen LogP) is 3.07. The fourth-order valence-corrected chi connectivity index (χ4v) is 3.18. The summed E-state index contributed by atoms with van der Waals surface area (Å²) in [6.07, 6.45) is 7.51. The third-order valence-electron chi connectivity index (χ3n) is 4.59. The van der Waals surface area contributed by atoms with Crippen LogP contribution in [0.25, 0.3) is 11.3 Å². The maximum Gasteiger partial charge on any atom is 0.259 e. The summed E-state index contributed by atoms with van der Waals surface area (Å²) in [5.74, 6) is 0.691. The van der Waals surface area contributed by atoms with Gasteiger partial charge in [-0.05, 0) is 13.3 Å². The summed E-state index contributed by atoms with van der Waals surface area (Å²) in [5, 5.41) is 3.85. The normalized spacial score (nSPS) is 17.0. The molecule has 1 saturated heterocycles. The van der Waals surface area contributed by atoms with Crippen LogP contribution in [-0.4, -0.2) is 39.0 Å². The Morgan fingerprint density at radius 1 is 1.20 bits per heavy atom. The lowest BCUT2D eigenvalue weighted by molar-refractivity contribution is 0.0791. The molecular weight excluding hydrogens is 316 g/mol. The molecule has 1 aromatic carbocycles. The first-order valence-electron chi connectivity index (χ1n) is 8.29. The van der Waals surface area contributed by atoms with Crippen molar-refractivity contribution in [3.8, 4) is 11.3 Å². The molecule has 3 aromatic rings. The lowest BCUT2D eigenvalue weighted by Crippen LogP contribution is -2.28. The van der Waals surface area contributed by atoms with Crippen molar-refractivity contribution in [3.63, 3.8) is 0 Å². The first-order valence-corrected chi connectivity index (χ1v) is 8.29. The van der Waals surface area contributed by atoms with Gasteiger partial charge in [-0.2, -0.15) is 0 Å². The van der Waals surface area contributed by atoms with Gasteiger partial charge in [0.05, 0.1) is 11.9 Å². The number of carbonyl (C=O) groups excluding carboxylic acids is 1. The zero-order chi connectivity index (χ0) is 17.2. The number of aromatic nitrogens is 3. The standard InChI is InChI=1S/C19H18N4O2/c1-13-2-4-14(5-3-13)18-16(10-22-25-18)19(24)23-9-6-15(12-23)17-11-20-7-8-21-17/h2-5,7-8,10-11,15H,6,9,12H2,1H3. The third kappa shape index (κ3) is 3.03. The molecule has 0 spiro atoms. The van der Waals surface area contributed by atoms with Gasteiger partial charge in [-0.15, -0.1) is 0 Å². The average Bonchev–Trinajstić information content (AvgIpc) is 3.32. The van der Waals surface area contributed by atoms with E-state index in [1.54, 1.807) is 18.6 Å². The van der Waals surface area contributed by atoms with Crippen molar-refractivity contribution in [1.82, 2.24) is 20.0 Å². The van der Waals surface area contributed by atoms with Crippen LogP contribution in [-0.2, 0) is 0 Å². The van der Waals surface area contributed by atoms with Crippen LogP contribution in [0.2, 0.25) is 0 Å². The van der Waals surface area contributed by atoms with Crippen LogP contribution in [0, 0.1) is 6.92 Å². The Kier molecular flexibility index (Phi) is 4.01. The highest BCUT2D eigenvalue weighted by Crippen LogP contribution is 2.29. The first kappa shape index (κ1) is 15.5. The molecule has 4 rings (SSSR count). The van der Waals surface area contributed by atoms with E-state index in [0.717, 1.165) is 23.2 Å². The van der Waals surface area contributed by atoms with E-state index in [9.17, 15) is 4.79 Å². The summed E-state index contributed by atoms with van der Waals surface area (Å²) in [4.78, 5) is 23.3. The van der Waals surface area contributed by atoms with Crippen LogP contribution in [0.1, 0.15) is 34.0 Å². The molecule has 1 aliphatic rings. The van der Waals surface area contributed by atoms with E-state index >= 15 is 0 Å². The Hall–Kier alpha value is -3.02. The highest BCUT2D eigenvalue weighted by molar-refractivity contribution is 5.99. The summed E-state index contributed by atoms with van der Waals surface area (Å²) in [7, 11) is 0. The fraction of sp³-hybridized carbons (Fsp3) is 0.263. The molecule has 6 nitrogen and oxygen atoms in total. The molecule has 1 fully saturated rings. The Labute approximate surface area is 145 Å². The highest BCUT2D eigenvalue weighted by Gasteiger charge is 2.31. The van der Waals surface area contributed by atoms with Crippen molar-refractivity contribution >= 4 is 5.91 Å². The molecule has 1 unspecified atom stereocenters. The summed E-state index contributed by atoms with van der Waals surface area (Å²) >= 11 is 0. The van der Waals surface area contributed by atoms with Crippen LogP contribution in [0.5, 0.6) is 0 Å². The van der Waals surface area contributed by atoms with Gasteiger partial charge in [-0.3, -0.25) is 14.8 Å². The van der Waals surface area contributed by atoms with Crippen molar-refractivity contribution in [3.05, 3.63) is 65.9 Å². The first-order chi connectivity index (χ1) is 12.2. The van der Waals surface area contributed by atoms with E-state index in [-0.39, 0.29) is 11.8 Å². The van der Waals surface area contributed by atoms with Gasteiger partial charge in [0.15, 0.2) is 5.76 Å². The molecule has 0 saturated carbocycles. The summed E-state index contributed by atoms with van der Waals surface area (Å²) in [5.41, 5.74) is 3.45. The van der Waals surface area contributed by atoms with Crippen LogP contribution < -0.4 is 0 Å². The molecule has 2 aromatic heterocycles. The number of nitrogens with zero attached hydrogens (tertiary/aromatic N) is 4. The second kappa shape index (κ2) is 6.47. The van der Waals surface area contributed by atoms with Crippen molar-refractivity contribution in [2.24, 2.45) is 0 Å². The number of likely N-dealkylation sites (tertiary alicyclic amines) is 1. The number of benzene rings is 1. The van der Waals surface area contributed by atoms with E-state index in [1.807, 2.05) is 36.1 Å². The molecule has 0 radical (unpaired) electrons. The summed E-state index contributed by atoms with van der Waals surface area (Å²) in [6, 6.07) is 7.87. The van der Waals surface area contributed by atoms with Gasteiger partial charge in [0.25, 0.3) is 5.91 Å². The number of hydrogen-bond donors (Lipinski definition) is 0. The number of hydrogen-bond acceptors (Lipinski definition) is 5. The third-order valence-corrected chi connectivity index (χ3v) is 4.59. The van der Waals surface area contributed by atoms with Gasteiger partial charge >= 0.3 is 0 Å². The van der Waals surface area contributed by atoms with E-state index < -0.39 is 0 Å². The SMILES string of the molecule is Cc1ccc(-c2oncc2C(=O)N2CCC(c3cnccn3)C2)cc1. The molecule has 0 aliphatic carbocycles. The van der Waals surface area contributed by atoms with Gasteiger partial charge in [0.1, 0.15) is 5.56 Å². The van der Waals surface area contributed by atoms with E-state index in [1.165, 1.54) is 6.20 Å². The second-order valence-corrected chi connectivity index (χ2v) is 6.30. The van der Waals surface area contributed by atoms with Gasteiger partial charge in [0.2, 0.25) is 0 Å². The van der Waals surface area contributed by atoms with Crippen molar-refractivity contribution in [2.75, 3.05) is 13.1 Å². The maximum atomic E-state index is 12.9. The van der Waals surface area contributed by atoms with Gasteiger partial charge in [-0.25, -0.2) is 0 Å². The fourth-order valence-electron chi connectivity index (χ4n) is 3.18. The van der Waals surface area contributed by atoms with Crippen molar-refractivity contribution in [1.29, 1.82) is 0 Å². The molecule has 25 heavy (non-hydrogen) atoms. The van der Waals surface area contributed by atoms with E-state index in [2.05, 4.69) is 15.1 Å². The van der Waals surface area contributed by atoms with E-state index in [0.29, 0.717) is 24.4 Å². The number of aryl methyl sites for hydroxylation is 1. The molecule has 0 bridgehead atoms. The Morgan fingerprint density at radius 2 is 2.04 bits per heavy atom.